The van der Waals surface area contributed by atoms with E-state index in [1.807, 2.05) is 13.8 Å². The fraction of sp³-hybridized carbons (Fsp3) is 0.684. The van der Waals surface area contributed by atoms with Gasteiger partial charge in [-0.1, -0.05) is 45.4 Å². The van der Waals surface area contributed by atoms with Crippen molar-refractivity contribution in [2.75, 3.05) is 0 Å². The van der Waals surface area contributed by atoms with Gasteiger partial charge in [0.2, 0.25) is 0 Å². The van der Waals surface area contributed by atoms with Crippen LogP contribution in [0, 0.1) is 16.7 Å². The first-order valence-electron chi connectivity index (χ1n) is 8.09. The van der Waals surface area contributed by atoms with Crippen LogP contribution in [0.2, 0.25) is 0 Å². The molecule has 3 aliphatic rings. The highest BCUT2D eigenvalue weighted by atomic mass is 16.7. The zero-order chi connectivity index (χ0) is 15.5. The van der Waals surface area contributed by atoms with E-state index in [4.69, 9.17) is 9.47 Å². The first-order chi connectivity index (χ1) is 9.64. The Labute approximate surface area is 128 Å². The number of allylic oxidation sites excluding steroid dienone is 4. The molecule has 0 bridgehead atoms. The third kappa shape index (κ3) is 2.33. The first-order valence-corrected chi connectivity index (χ1v) is 8.09. The van der Waals surface area contributed by atoms with Gasteiger partial charge in [0.25, 0.3) is 5.79 Å². The van der Waals surface area contributed by atoms with Crippen LogP contribution in [0.5, 0.6) is 0 Å². The van der Waals surface area contributed by atoms with E-state index >= 15 is 0 Å². The third-order valence-corrected chi connectivity index (χ3v) is 5.77. The average molecular weight is 288 g/mol. The van der Waals surface area contributed by atoms with Gasteiger partial charge in [0.1, 0.15) is 12.0 Å². The SMILES string of the molecule is CC1=COC(C)(C2=CC=C3C(C2)C(C)(C)CCC3(C)C)O1. The van der Waals surface area contributed by atoms with Crippen LogP contribution in [0.1, 0.15) is 60.8 Å². The highest BCUT2D eigenvalue weighted by Crippen LogP contribution is 2.56. The molecule has 0 N–H and O–H groups in total. The summed E-state index contributed by atoms with van der Waals surface area (Å²) in [6.07, 6.45) is 9.91. The molecule has 1 saturated carbocycles. The van der Waals surface area contributed by atoms with Crippen molar-refractivity contribution in [3.05, 3.63) is 35.3 Å². The molecular weight excluding hydrogens is 260 g/mol. The zero-order valence-electron chi connectivity index (χ0n) is 14.2. The summed E-state index contributed by atoms with van der Waals surface area (Å²) in [5, 5.41) is 0. The molecule has 116 valence electrons. The molecular formula is C19H28O2. The van der Waals surface area contributed by atoms with Crippen molar-refractivity contribution in [1.82, 2.24) is 0 Å². The van der Waals surface area contributed by atoms with E-state index < -0.39 is 5.79 Å². The average Bonchev–Trinajstić information content (AvgIpc) is 2.76. The zero-order valence-corrected chi connectivity index (χ0v) is 14.2. The van der Waals surface area contributed by atoms with Crippen molar-refractivity contribution in [3.63, 3.8) is 0 Å². The van der Waals surface area contributed by atoms with Gasteiger partial charge in [0, 0.05) is 12.5 Å². The third-order valence-electron chi connectivity index (χ3n) is 5.77. The molecule has 0 aromatic carbocycles. The predicted molar refractivity (Wildman–Crippen MR) is 85.4 cm³/mol. The molecule has 0 saturated heterocycles. The maximum absolute atomic E-state index is 5.93. The molecule has 0 radical (unpaired) electrons. The van der Waals surface area contributed by atoms with Crippen LogP contribution >= 0.6 is 0 Å². The highest BCUT2D eigenvalue weighted by Gasteiger charge is 2.48. The van der Waals surface area contributed by atoms with E-state index in [1.54, 1.807) is 11.8 Å². The number of rotatable bonds is 1. The smallest absolute Gasteiger partial charge is 0.270 e. The topological polar surface area (TPSA) is 18.5 Å². The van der Waals surface area contributed by atoms with Crippen LogP contribution in [0.3, 0.4) is 0 Å². The molecule has 2 unspecified atom stereocenters. The standard InChI is InChI=1S/C19H28O2/c1-13-12-20-19(6,21-13)14-7-8-15-16(11-14)18(4,5)10-9-17(15,2)3/h7-8,12,16H,9-11H2,1-6H3. The normalized spacial score (nSPS) is 36.7. The number of hydrogen-bond acceptors (Lipinski definition) is 2. The molecule has 0 aromatic rings. The van der Waals surface area contributed by atoms with Crippen molar-refractivity contribution < 1.29 is 9.47 Å². The van der Waals surface area contributed by atoms with Gasteiger partial charge in [-0.05, 0) is 42.9 Å². The van der Waals surface area contributed by atoms with Crippen molar-refractivity contribution in [2.24, 2.45) is 16.7 Å². The molecule has 2 heteroatoms. The van der Waals surface area contributed by atoms with Gasteiger partial charge in [0.15, 0.2) is 0 Å². The molecule has 1 aliphatic heterocycles. The monoisotopic (exact) mass is 288 g/mol. The molecule has 21 heavy (non-hydrogen) atoms. The Morgan fingerprint density at radius 3 is 2.38 bits per heavy atom. The van der Waals surface area contributed by atoms with Crippen molar-refractivity contribution in [1.29, 1.82) is 0 Å². The lowest BCUT2D eigenvalue weighted by Crippen LogP contribution is -2.42. The molecule has 0 amide bonds. The molecule has 1 fully saturated rings. The van der Waals surface area contributed by atoms with E-state index in [0.29, 0.717) is 16.7 Å². The summed E-state index contributed by atoms with van der Waals surface area (Å²) in [6.45, 7) is 13.6. The lowest BCUT2D eigenvalue weighted by Gasteiger charge is -2.50. The summed E-state index contributed by atoms with van der Waals surface area (Å²) in [5.74, 6) is 0.839. The predicted octanol–water partition coefficient (Wildman–Crippen LogP) is 5.33. The van der Waals surface area contributed by atoms with E-state index in [1.165, 1.54) is 18.4 Å². The maximum Gasteiger partial charge on any atom is 0.270 e. The van der Waals surface area contributed by atoms with E-state index in [-0.39, 0.29) is 0 Å². The van der Waals surface area contributed by atoms with Crippen LogP contribution in [0.15, 0.2) is 35.3 Å². The van der Waals surface area contributed by atoms with Crippen LogP contribution in [0.4, 0.5) is 0 Å². The van der Waals surface area contributed by atoms with E-state index in [9.17, 15) is 0 Å². The van der Waals surface area contributed by atoms with Gasteiger partial charge in [-0.25, -0.2) is 0 Å². The summed E-state index contributed by atoms with van der Waals surface area (Å²) in [5.41, 5.74) is 3.52. The molecule has 1 heterocycles. The summed E-state index contributed by atoms with van der Waals surface area (Å²) < 4.78 is 11.7. The Balaban J connectivity index is 1.95. The molecule has 2 atom stereocenters. The van der Waals surface area contributed by atoms with Crippen molar-refractivity contribution in [3.8, 4) is 0 Å². The Kier molecular flexibility index (Phi) is 3.10. The highest BCUT2D eigenvalue weighted by molar-refractivity contribution is 5.36. The fourth-order valence-corrected chi connectivity index (χ4v) is 4.08. The van der Waals surface area contributed by atoms with Crippen LogP contribution in [-0.2, 0) is 9.47 Å². The second kappa shape index (κ2) is 4.41. The minimum Gasteiger partial charge on any atom is -0.453 e. The van der Waals surface area contributed by atoms with Gasteiger partial charge < -0.3 is 9.47 Å². The van der Waals surface area contributed by atoms with Gasteiger partial charge in [-0.2, -0.15) is 0 Å². The lowest BCUT2D eigenvalue weighted by molar-refractivity contribution is -0.104. The van der Waals surface area contributed by atoms with Gasteiger partial charge in [-0.3, -0.25) is 0 Å². The van der Waals surface area contributed by atoms with Crippen LogP contribution < -0.4 is 0 Å². The quantitative estimate of drug-likeness (QED) is 0.649. The van der Waals surface area contributed by atoms with Gasteiger partial charge in [0.05, 0.1) is 0 Å². The number of hydrogen-bond donors (Lipinski definition) is 0. The molecule has 2 nitrogen and oxygen atoms in total. The summed E-state index contributed by atoms with van der Waals surface area (Å²) in [4.78, 5) is 0. The maximum atomic E-state index is 5.93. The second-order valence-corrected chi connectivity index (χ2v) is 8.34. The molecule has 0 aromatic heterocycles. The lowest BCUT2D eigenvalue weighted by atomic mass is 9.55. The molecule has 0 spiro atoms. The first kappa shape index (κ1) is 14.7. The number of fused-ring (bicyclic) bond motifs is 1. The fourth-order valence-electron chi connectivity index (χ4n) is 4.08. The van der Waals surface area contributed by atoms with Gasteiger partial charge in [-0.15, -0.1) is 0 Å². The minimum atomic E-state index is -0.607. The van der Waals surface area contributed by atoms with Gasteiger partial charge >= 0.3 is 0 Å². The molecule has 3 rings (SSSR count). The summed E-state index contributed by atoms with van der Waals surface area (Å²) in [7, 11) is 0. The Morgan fingerprint density at radius 1 is 1.05 bits per heavy atom. The summed E-state index contributed by atoms with van der Waals surface area (Å²) in [6, 6.07) is 0. The van der Waals surface area contributed by atoms with Crippen molar-refractivity contribution >= 4 is 0 Å². The Bertz CT molecular complexity index is 548. The second-order valence-electron chi connectivity index (χ2n) is 8.34. The van der Waals surface area contributed by atoms with E-state index in [0.717, 1.165) is 12.2 Å². The van der Waals surface area contributed by atoms with Crippen molar-refractivity contribution in [2.45, 2.75) is 66.6 Å². The van der Waals surface area contributed by atoms with Crippen LogP contribution in [0.25, 0.3) is 0 Å². The number of ether oxygens (including phenoxy) is 2. The largest absolute Gasteiger partial charge is 0.453 e. The Morgan fingerprint density at radius 2 is 1.76 bits per heavy atom. The molecule has 2 aliphatic carbocycles. The minimum absolute atomic E-state index is 0.314. The van der Waals surface area contributed by atoms with E-state index in [2.05, 4.69) is 39.8 Å². The Hall–Kier alpha value is -1.18. The summed E-state index contributed by atoms with van der Waals surface area (Å²) >= 11 is 0. The van der Waals surface area contributed by atoms with Crippen LogP contribution in [-0.4, -0.2) is 5.79 Å².